The second-order valence-corrected chi connectivity index (χ2v) is 10.1. The molecule has 41 heavy (non-hydrogen) atoms. The average Bonchev–Trinajstić information content (AvgIpc) is 3.25. The third-order valence-electron chi connectivity index (χ3n) is 6.17. The minimum absolute atomic E-state index is 0.0238. The van der Waals surface area contributed by atoms with Crippen LogP contribution in [0, 0.1) is 12.3 Å². The van der Waals surface area contributed by atoms with E-state index in [0.29, 0.717) is 55.8 Å². The van der Waals surface area contributed by atoms with Gasteiger partial charge in [0.15, 0.2) is 27.8 Å². The fraction of sp³-hybridized carbons (Fsp3) is 0.300. The molecule has 0 N–H and O–H groups in total. The number of methoxy groups -OCH3 is 2. The van der Waals surface area contributed by atoms with Crippen molar-refractivity contribution in [2.45, 2.75) is 26.8 Å². The summed E-state index contributed by atoms with van der Waals surface area (Å²) in [7, 11) is 3.05. The number of ether oxygens (including phenoxy) is 5. The van der Waals surface area contributed by atoms with E-state index in [2.05, 4.69) is 10.9 Å². The molecule has 1 atom stereocenters. The van der Waals surface area contributed by atoms with Gasteiger partial charge in [-0.3, -0.25) is 9.36 Å². The Bertz CT molecular complexity index is 1730. The van der Waals surface area contributed by atoms with E-state index in [4.69, 9.17) is 41.7 Å². The van der Waals surface area contributed by atoms with E-state index in [-0.39, 0.29) is 29.4 Å². The molecule has 0 saturated heterocycles. The summed E-state index contributed by atoms with van der Waals surface area (Å²) in [5.74, 6) is 3.55. The van der Waals surface area contributed by atoms with Crippen LogP contribution in [-0.4, -0.2) is 44.6 Å². The Morgan fingerprint density at radius 2 is 1.88 bits per heavy atom. The van der Waals surface area contributed by atoms with Gasteiger partial charge in [-0.2, -0.15) is 0 Å². The minimum Gasteiger partial charge on any atom is -0.493 e. The summed E-state index contributed by atoms with van der Waals surface area (Å²) in [6.45, 7) is 5.84. The molecule has 1 aliphatic heterocycles. The average molecular weight is 597 g/mol. The number of hydrogen-bond acceptors (Lipinski definition) is 9. The summed E-state index contributed by atoms with van der Waals surface area (Å²) < 4.78 is 29.4. The van der Waals surface area contributed by atoms with Crippen molar-refractivity contribution in [3.8, 4) is 35.3 Å². The maximum Gasteiger partial charge on any atom is 0.338 e. The molecule has 0 radical (unpaired) electrons. The van der Waals surface area contributed by atoms with Gasteiger partial charge in [0.25, 0.3) is 5.56 Å². The van der Waals surface area contributed by atoms with Gasteiger partial charge in [0.1, 0.15) is 6.61 Å². The van der Waals surface area contributed by atoms with Gasteiger partial charge in [-0.25, -0.2) is 9.79 Å². The molecule has 0 fully saturated rings. The Hall–Kier alpha value is -4.20. The lowest BCUT2D eigenvalue weighted by atomic mass is 9.95. The summed E-state index contributed by atoms with van der Waals surface area (Å²) in [4.78, 5) is 32.2. The zero-order chi connectivity index (χ0) is 29.7. The zero-order valence-electron chi connectivity index (χ0n) is 23.3. The standard InChI is InChI=1S/C30H29ClN2O7S/c1-7-12-40-27-20(31)13-18(14-23(27)38-8-2)15-24-28(34)33-26(19-10-11-21(36-5)22(16-19)37-6)25(29(35)39-9-3)17(4)32-30(33)41-24/h1,10-11,13-16,26H,8-9,12H2,2-6H3/b24-15-/t26-/m1/s1. The maximum atomic E-state index is 14.0. The number of hydrogen-bond donors (Lipinski definition) is 0. The summed E-state index contributed by atoms with van der Waals surface area (Å²) in [5.41, 5.74) is 1.61. The topological polar surface area (TPSA) is 97.6 Å². The highest BCUT2D eigenvalue weighted by molar-refractivity contribution is 7.07. The fourth-order valence-corrected chi connectivity index (χ4v) is 5.79. The van der Waals surface area contributed by atoms with Crippen LogP contribution in [0.25, 0.3) is 6.08 Å². The van der Waals surface area contributed by atoms with Crippen molar-refractivity contribution in [2.24, 2.45) is 4.99 Å². The van der Waals surface area contributed by atoms with Gasteiger partial charge in [-0.05, 0) is 62.2 Å². The number of halogens is 1. The van der Waals surface area contributed by atoms with Crippen LogP contribution in [-0.2, 0) is 9.53 Å². The molecule has 2 aromatic carbocycles. The molecule has 1 aromatic heterocycles. The van der Waals surface area contributed by atoms with Crippen LogP contribution in [0.3, 0.4) is 0 Å². The van der Waals surface area contributed by atoms with Crippen molar-refractivity contribution < 1.29 is 28.5 Å². The van der Waals surface area contributed by atoms with Gasteiger partial charge in [-0.1, -0.05) is 34.9 Å². The van der Waals surface area contributed by atoms with E-state index in [1.165, 1.54) is 30.1 Å². The molecular weight excluding hydrogens is 568 g/mol. The Morgan fingerprint density at radius 3 is 2.54 bits per heavy atom. The van der Waals surface area contributed by atoms with E-state index in [0.717, 1.165) is 0 Å². The maximum absolute atomic E-state index is 14.0. The summed E-state index contributed by atoms with van der Waals surface area (Å²) in [6, 6.07) is 7.82. The van der Waals surface area contributed by atoms with Crippen molar-refractivity contribution in [3.63, 3.8) is 0 Å². The predicted molar refractivity (Wildman–Crippen MR) is 157 cm³/mol. The van der Waals surface area contributed by atoms with E-state index in [1.54, 1.807) is 50.3 Å². The largest absolute Gasteiger partial charge is 0.493 e. The van der Waals surface area contributed by atoms with Crippen molar-refractivity contribution in [3.05, 3.63) is 77.4 Å². The summed E-state index contributed by atoms with van der Waals surface area (Å²) >= 11 is 7.69. The van der Waals surface area contributed by atoms with Crippen molar-refractivity contribution in [1.29, 1.82) is 0 Å². The Kier molecular flexibility index (Phi) is 9.42. The monoisotopic (exact) mass is 596 g/mol. The SMILES string of the molecule is C#CCOc1c(Cl)cc(/C=c2\sc3n(c2=O)[C@H](c2ccc(OC)c(OC)c2)C(C(=O)OCC)=C(C)N=3)cc1OCC. The first-order valence-electron chi connectivity index (χ1n) is 12.7. The van der Waals surface area contributed by atoms with Gasteiger partial charge in [0.2, 0.25) is 0 Å². The number of fused-ring (bicyclic) bond motifs is 1. The van der Waals surface area contributed by atoms with E-state index < -0.39 is 12.0 Å². The fourth-order valence-electron chi connectivity index (χ4n) is 4.47. The van der Waals surface area contributed by atoms with Crippen LogP contribution >= 0.6 is 22.9 Å². The number of carbonyl (C=O) groups is 1. The quantitative estimate of drug-likeness (QED) is 0.259. The Labute approximate surface area is 246 Å². The molecule has 9 nitrogen and oxygen atoms in total. The first-order chi connectivity index (χ1) is 19.8. The van der Waals surface area contributed by atoms with E-state index in [1.807, 2.05) is 6.92 Å². The number of aromatic nitrogens is 1. The molecule has 3 aromatic rings. The van der Waals surface area contributed by atoms with E-state index in [9.17, 15) is 9.59 Å². The van der Waals surface area contributed by atoms with Crippen molar-refractivity contribution in [2.75, 3.05) is 34.0 Å². The molecule has 0 amide bonds. The molecule has 0 unspecified atom stereocenters. The molecule has 0 spiro atoms. The van der Waals surface area contributed by atoms with Crippen LogP contribution in [0.4, 0.5) is 0 Å². The van der Waals surface area contributed by atoms with Gasteiger partial charge in [0, 0.05) is 0 Å². The van der Waals surface area contributed by atoms with Gasteiger partial charge < -0.3 is 23.7 Å². The smallest absolute Gasteiger partial charge is 0.338 e. The normalized spacial score (nSPS) is 14.6. The first-order valence-corrected chi connectivity index (χ1v) is 13.9. The number of allylic oxidation sites excluding steroid dienone is 1. The number of esters is 1. The lowest BCUT2D eigenvalue weighted by Crippen LogP contribution is -2.40. The zero-order valence-corrected chi connectivity index (χ0v) is 24.9. The van der Waals surface area contributed by atoms with Crippen molar-refractivity contribution in [1.82, 2.24) is 4.57 Å². The van der Waals surface area contributed by atoms with Gasteiger partial charge in [0.05, 0.1) is 54.3 Å². The van der Waals surface area contributed by atoms with Gasteiger partial charge in [-0.15, -0.1) is 6.42 Å². The Balaban J connectivity index is 1.93. The summed E-state index contributed by atoms with van der Waals surface area (Å²) in [6.07, 6.45) is 7.02. The first kappa shape index (κ1) is 29.8. The number of nitrogens with zero attached hydrogens (tertiary/aromatic N) is 2. The second-order valence-electron chi connectivity index (χ2n) is 8.67. The molecule has 4 rings (SSSR count). The third-order valence-corrected chi connectivity index (χ3v) is 7.43. The highest BCUT2D eigenvalue weighted by Crippen LogP contribution is 2.38. The van der Waals surface area contributed by atoms with Crippen molar-refractivity contribution >= 4 is 35.0 Å². The van der Waals surface area contributed by atoms with E-state index >= 15 is 0 Å². The van der Waals surface area contributed by atoms with Crippen LogP contribution in [0.5, 0.6) is 23.0 Å². The summed E-state index contributed by atoms with van der Waals surface area (Å²) in [5, 5.41) is 0.286. The number of carbonyl (C=O) groups excluding carboxylic acids is 1. The molecule has 1 aliphatic rings. The second kappa shape index (κ2) is 13.0. The molecule has 2 heterocycles. The number of thiazole rings is 1. The minimum atomic E-state index is -0.811. The lowest BCUT2D eigenvalue weighted by Gasteiger charge is -2.25. The number of rotatable bonds is 10. The van der Waals surface area contributed by atoms with Gasteiger partial charge >= 0.3 is 5.97 Å². The molecular formula is C30H29ClN2O7S. The molecule has 0 aliphatic carbocycles. The number of terminal acetylenes is 1. The van der Waals surface area contributed by atoms with Crippen LogP contribution in [0.1, 0.15) is 37.9 Å². The number of benzene rings is 2. The molecule has 11 heteroatoms. The van der Waals surface area contributed by atoms with Crippen LogP contribution in [0.15, 0.2) is 51.4 Å². The molecule has 0 saturated carbocycles. The highest BCUT2D eigenvalue weighted by atomic mass is 35.5. The lowest BCUT2D eigenvalue weighted by molar-refractivity contribution is -0.139. The molecule has 0 bridgehead atoms. The van der Waals surface area contributed by atoms with Crippen LogP contribution < -0.4 is 33.8 Å². The Morgan fingerprint density at radius 1 is 1.12 bits per heavy atom. The van der Waals surface area contributed by atoms with Crippen LogP contribution in [0.2, 0.25) is 5.02 Å². The molecule has 214 valence electrons. The third kappa shape index (κ3) is 5.97. The highest BCUT2D eigenvalue weighted by Gasteiger charge is 2.34. The predicted octanol–water partition coefficient (Wildman–Crippen LogP) is 3.88.